The van der Waals surface area contributed by atoms with E-state index in [4.69, 9.17) is 11.6 Å². The van der Waals surface area contributed by atoms with Crippen LogP contribution in [0.1, 0.15) is 19.4 Å². The zero-order valence-corrected chi connectivity index (χ0v) is 11.6. The largest absolute Gasteiger partial charge is 0.365 e. The van der Waals surface area contributed by atoms with E-state index < -0.39 is 0 Å². The number of benzene rings is 1. The molecule has 2 aromatic rings. The molecule has 0 amide bonds. The molecule has 0 saturated heterocycles. The normalized spacial score (nSPS) is 10.5. The van der Waals surface area contributed by atoms with Gasteiger partial charge in [-0.05, 0) is 31.5 Å². The van der Waals surface area contributed by atoms with Gasteiger partial charge in [-0.15, -0.1) is 5.10 Å². The van der Waals surface area contributed by atoms with E-state index in [1.165, 1.54) is 0 Å². The SMILES string of the molecule is CC(C)Nc1nncc(NCc2ccc(Cl)cc2)n1. The number of rotatable bonds is 5. The van der Waals surface area contributed by atoms with Crippen molar-refractivity contribution in [3.05, 3.63) is 41.0 Å². The number of anilines is 2. The molecule has 0 aliphatic heterocycles. The molecule has 0 radical (unpaired) electrons. The molecule has 1 aromatic carbocycles. The van der Waals surface area contributed by atoms with E-state index >= 15 is 0 Å². The smallest absolute Gasteiger partial charge is 0.244 e. The highest BCUT2D eigenvalue weighted by Gasteiger charge is 2.02. The second kappa shape index (κ2) is 6.33. The van der Waals surface area contributed by atoms with Crippen LogP contribution in [0, 0.1) is 0 Å². The van der Waals surface area contributed by atoms with Crippen molar-refractivity contribution in [1.29, 1.82) is 0 Å². The summed E-state index contributed by atoms with van der Waals surface area (Å²) in [6.45, 7) is 4.71. The van der Waals surface area contributed by atoms with Crippen LogP contribution in [-0.2, 0) is 6.54 Å². The highest BCUT2D eigenvalue weighted by Crippen LogP contribution is 2.11. The van der Waals surface area contributed by atoms with Crippen molar-refractivity contribution in [1.82, 2.24) is 15.2 Å². The summed E-state index contributed by atoms with van der Waals surface area (Å²) in [4.78, 5) is 4.32. The molecule has 0 bridgehead atoms. The lowest BCUT2D eigenvalue weighted by atomic mass is 10.2. The zero-order chi connectivity index (χ0) is 13.7. The van der Waals surface area contributed by atoms with Gasteiger partial charge in [0.25, 0.3) is 0 Å². The Hall–Kier alpha value is -1.88. The van der Waals surface area contributed by atoms with E-state index in [1.807, 2.05) is 38.1 Å². The summed E-state index contributed by atoms with van der Waals surface area (Å²) in [5.41, 5.74) is 1.13. The average Bonchev–Trinajstić information content (AvgIpc) is 2.38. The van der Waals surface area contributed by atoms with Gasteiger partial charge in [-0.25, -0.2) is 0 Å². The minimum Gasteiger partial charge on any atom is -0.365 e. The van der Waals surface area contributed by atoms with Gasteiger partial charge < -0.3 is 10.6 Å². The molecule has 6 heteroatoms. The number of nitrogens with one attached hydrogen (secondary N) is 2. The van der Waals surface area contributed by atoms with Gasteiger partial charge in [0.2, 0.25) is 5.95 Å². The van der Waals surface area contributed by atoms with Gasteiger partial charge in [-0.3, -0.25) is 0 Å². The summed E-state index contributed by atoms with van der Waals surface area (Å²) in [6.07, 6.45) is 1.60. The molecule has 19 heavy (non-hydrogen) atoms. The third-order valence-electron chi connectivity index (χ3n) is 2.36. The van der Waals surface area contributed by atoms with Crippen molar-refractivity contribution in [3.63, 3.8) is 0 Å². The highest BCUT2D eigenvalue weighted by atomic mass is 35.5. The van der Waals surface area contributed by atoms with E-state index in [2.05, 4.69) is 25.8 Å². The molecule has 0 spiro atoms. The first-order chi connectivity index (χ1) is 9.13. The maximum absolute atomic E-state index is 5.84. The number of nitrogens with zero attached hydrogens (tertiary/aromatic N) is 3. The predicted molar refractivity (Wildman–Crippen MR) is 77.4 cm³/mol. The Morgan fingerprint density at radius 2 is 1.95 bits per heavy atom. The Morgan fingerprint density at radius 3 is 2.63 bits per heavy atom. The standard InChI is InChI=1S/C13H16ClN5/c1-9(2)17-13-18-12(8-16-19-13)15-7-10-3-5-11(14)6-4-10/h3-6,8-9H,7H2,1-2H3,(H2,15,17,18,19). The lowest BCUT2D eigenvalue weighted by molar-refractivity contribution is 0.850. The zero-order valence-electron chi connectivity index (χ0n) is 10.9. The molecule has 0 saturated carbocycles. The lowest BCUT2D eigenvalue weighted by Gasteiger charge is -2.09. The highest BCUT2D eigenvalue weighted by molar-refractivity contribution is 6.30. The van der Waals surface area contributed by atoms with Gasteiger partial charge in [0, 0.05) is 17.6 Å². The molecule has 0 atom stereocenters. The molecule has 100 valence electrons. The molecule has 0 aliphatic rings. The molecule has 1 heterocycles. The number of hydrogen-bond acceptors (Lipinski definition) is 5. The van der Waals surface area contributed by atoms with Gasteiger partial charge in [0.1, 0.15) is 0 Å². The fourth-order valence-corrected chi connectivity index (χ4v) is 1.63. The van der Waals surface area contributed by atoms with Gasteiger partial charge in [0.05, 0.1) is 6.20 Å². The third-order valence-corrected chi connectivity index (χ3v) is 2.62. The number of halogens is 1. The Balaban J connectivity index is 1.97. The van der Waals surface area contributed by atoms with E-state index in [1.54, 1.807) is 6.20 Å². The van der Waals surface area contributed by atoms with E-state index in [-0.39, 0.29) is 6.04 Å². The molecule has 1 aromatic heterocycles. The molecule has 0 fully saturated rings. The van der Waals surface area contributed by atoms with Crippen LogP contribution in [0.2, 0.25) is 5.02 Å². The van der Waals surface area contributed by atoms with E-state index in [9.17, 15) is 0 Å². The Labute approximate surface area is 117 Å². The molecule has 5 nitrogen and oxygen atoms in total. The van der Waals surface area contributed by atoms with Crippen molar-refractivity contribution in [2.24, 2.45) is 0 Å². The predicted octanol–water partition coefficient (Wildman–Crippen LogP) is 2.96. The Kier molecular flexibility index (Phi) is 4.52. The number of aromatic nitrogens is 3. The molecule has 0 unspecified atom stereocenters. The second-order valence-corrected chi connectivity index (χ2v) is 4.88. The van der Waals surface area contributed by atoms with Gasteiger partial charge in [-0.2, -0.15) is 10.1 Å². The summed E-state index contributed by atoms with van der Waals surface area (Å²) in [5, 5.41) is 14.9. The van der Waals surface area contributed by atoms with Gasteiger partial charge >= 0.3 is 0 Å². The van der Waals surface area contributed by atoms with Crippen LogP contribution in [0.15, 0.2) is 30.5 Å². The van der Waals surface area contributed by atoms with Gasteiger partial charge in [-0.1, -0.05) is 23.7 Å². The second-order valence-electron chi connectivity index (χ2n) is 4.44. The van der Waals surface area contributed by atoms with Crippen molar-refractivity contribution < 1.29 is 0 Å². The first-order valence-corrected chi connectivity index (χ1v) is 6.46. The van der Waals surface area contributed by atoms with Crippen LogP contribution in [0.3, 0.4) is 0 Å². The molecular formula is C13H16ClN5. The topological polar surface area (TPSA) is 62.7 Å². The summed E-state index contributed by atoms with van der Waals surface area (Å²) < 4.78 is 0. The van der Waals surface area contributed by atoms with Crippen molar-refractivity contribution >= 4 is 23.4 Å². The summed E-state index contributed by atoms with van der Waals surface area (Å²) in [5.74, 6) is 1.21. The van der Waals surface area contributed by atoms with E-state index in [0.29, 0.717) is 18.3 Å². The summed E-state index contributed by atoms with van der Waals surface area (Å²) in [7, 11) is 0. The summed E-state index contributed by atoms with van der Waals surface area (Å²) >= 11 is 5.84. The Bertz CT molecular complexity index is 527. The van der Waals surface area contributed by atoms with E-state index in [0.717, 1.165) is 10.6 Å². The lowest BCUT2D eigenvalue weighted by Crippen LogP contribution is -2.14. The van der Waals surface area contributed by atoms with Crippen LogP contribution in [-0.4, -0.2) is 21.2 Å². The van der Waals surface area contributed by atoms with Crippen molar-refractivity contribution in [2.45, 2.75) is 26.4 Å². The minimum atomic E-state index is 0.272. The quantitative estimate of drug-likeness (QED) is 0.880. The van der Waals surface area contributed by atoms with Crippen molar-refractivity contribution in [3.8, 4) is 0 Å². The fraction of sp³-hybridized carbons (Fsp3) is 0.308. The average molecular weight is 278 g/mol. The first-order valence-electron chi connectivity index (χ1n) is 6.08. The van der Waals surface area contributed by atoms with Crippen LogP contribution in [0.4, 0.5) is 11.8 Å². The number of hydrogen-bond donors (Lipinski definition) is 2. The van der Waals surface area contributed by atoms with Crippen LogP contribution in [0.25, 0.3) is 0 Å². The molecular weight excluding hydrogens is 262 g/mol. The molecule has 2 N–H and O–H groups in total. The third kappa shape index (κ3) is 4.37. The maximum atomic E-state index is 5.84. The van der Waals surface area contributed by atoms with Crippen LogP contribution in [0.5, 0.6) is 0 Å². The van der Waals surface area contributed by atoms with Crippen LogP contribution < -0.4 is 10.6 Å². The Morgan fingerprint density at radius 1 is 1.21 bits per heavy atom. The summed E-state index contributed by atoms with van der Waals surface area (Å²) in [6, 6.07) is 7.94. The minimum absolute atomic E-state index is 0.272. The fourth-order valence-electron chi connectivity index (χ4n) is 1.50. The van der Waals surface area contributed by atoms with Crippen LogP contribution >= 0.6 is 11.6 Å². The molecule has 0 aliphatic carbocycles. The maximum Gasteiger partial charge on any atom is 0.244 e. The van der Waals surface area contributed by atoms with Gasteiger partial charge in [0.15, 0.2) is 5.82 Å². The van der Waals surface area contributed by atoms with Crippen molar-refractivity contribution in [2.75, 3.05) is 10.6 Å². The monoisotopic (exact) mass is 277 g/mol. The first kappa shape index (κ1) is 13.5. The molecule has 2 rings (SSSR count).